The normalized spacial score (nSPS) is 12.1. The van der Waals surface area contributed by atoms with E-state index < -0.39 is 0 Å². The Kier molecular flexibility index (Phi) is 6.57. The summed E-state index contributed by atoms with van der Waals surface area (Å²) in [7, 11) is 0. The lowest BCUT2D eigenvalue weighted by molar-refractivity contribution is 0.672. The molecule has 0 aliphatic heterocycles. The molecule has 0 aliphatic carbocycles. The summed E-state index contributed by atoms with van der Waals surface area (Å²) in [5.41, 5.74) is 11.4. The number of nitriles is 2. The SMILES string of the molecule is N#Cc1cc(C#N)c(-n2c3ccccc3c3c4oc5ccccc5c4ccc32)c(-n2c3ccccc3c3ccccc32)c1-n1c2ccccc2c2c3oc4ccccc4c3ccc21. The Morgan fingerprint density at radius 3 is 1.10 bits per heavy atom. The standard InChI is InChI=1S/C56H29N5O2/c57-30-32-29-33(31-58)53(61-45-22-10-4-18-41(45)51-47(61)28-26-39-37-16-6-12-24-49(37)63-56(39)51)54(59-42-19-7-1-13-34(42)35-14-2-8-20-43(35)59)52(32)60-44-21-9-3-17-40(44)50-46(60)27-25-38-36-15-5-11-23-48(36)62-55(38)50/h1-29H. The van der Waals surface area contributed by atoms with E-state index in [1.54, 1.807) is 6.07 Å². The van der Waals surface area contributed by atoms with Crippen LogP contribution in [-0.2, 0) is 0 Å². The van der Waals surface area contributed by atoms with Crippen LogP contribution in [0.1, 0.15) is 11.1 Å². The molecule has 0 aliphatic rings. The smallest absolute Gasteiger partial charge is 0.145 e. The first-order chi connectivity index (χ1) is 31.2. The summed E-state index contributed by atoms with van der Waals surface area (Å²) < 4.78 is 20.1. The van der Waals surface area contributed by atoms with Gasteiger partial charge in [0.2, 0.25) is 0 Å². The van der Waals surface area contributed by atoms with Crippen molar-refractivity contribution in [3.63, 3.8) is 0 Å². The molecule has 5 heterocycles. The summed E-state index contributed by atoms with van der Waals surface area (Å²) in [5, 5.41) is 33.0. The zero-order valence-corrected chi connectivity index (χ0v) is 33.3. The second-order valence-electron chi connectivity index (χ2n) is 16.2. The number of hydrogen-bond acceptors (Lipinski definition) is 4. The monoisotopic (exact) mass is 803 g/mol. The maximum atomic E-state index is 11.4. The van der Waals surface area contributed by atoms with E-state index in [0.717, 1.165) is 109 Å². The average Bonchev–Trinajstić information content (AvgIpc) is 4.14. The zero-order valence-electron chi connectivity index (χ0n) is 33.3. The molecule has 0 saturated heterocycles. The third-order valence-electron chi connectivity index (χ3n) is 13.1. The van der Waals surface area contributed by atoms with Crippen molar-refractivity contribution in [3.05, 3.63) is 187 Å². The fourth-order valence-corrected chi connectivity index (χ4v) is 10.6. The number of fused-ring (bicyclic) bond motifs is 17. The molecule has 14 rings (SSSR count). The Morgan fingerprint density at radius 2 is 0.667 bits per heavy atom. The van der Waals surface area contributed by atoms with Crippen molar-refractivity contribution in [2.24, 2.45) is 0 Å². The van der Waals surface area contributed by atoms with Crippen molar-refractivity contribution in [2.75, 3.05) is 0 Å². The van der Waals surface area contributed by atoms with Gasteiger partial charge in [0.25, 0.3) is 0 Å². The molecule has 290 valence electrons. The molecule has 9 aromatic carbocycles. The number of furan rings is 2. The lowest BCUT2D eigenvalue weighted by Crippen LogP contribution is -2.13. The van der Waals surface area contributed by atoms with Crippen LogP contribution in [0.15, 0.2) is 185 Å². The molecule has 0 fully saturated rings. The lowest BCUT2D eigenvalue weighted by Gasteiger charge is -2.24. The minimum Gasteiger partial charge on any atom is -0.455 e. The van der Waals surface area contributed by atoms with E-state index in [1.807, 2.05) is 72.8 Å². The van der Waals surface area contributed by atoms with E-state index in [2.05, 4.69) is 123 Å². The fraction of sp³-hybridized carbons (Fsp3) is 0. The summed E-state index contributed by atoms with van der Waals surface area (Å²) in [5.74, 6) is 0. The van der Waals surface area contributed by atoms with Crippen molar-refractivity contribution in [2.45, 2.75) is 0 Å². The number of rotatable bonds is 3. The van der Waals surface area contributed by atoms with Gasteiger partial charge in [0, 0.05) is 43.1 Å². The number of benzene rings is 9. The van der Waals surface area contributed by atoms with Gasteiger partial charge in [-0.1, -0.05) is 109 Å². The molecule has 0 amide bonds. The first-order valence-corrected chi connectivity index (χ1v) is 20.9. The molecule has 7 nitrogen and oxygen atoms in total. The Labute approximate surface area is 357 Å². The first kappa shape index (κ1) is 33.8. The third-order valence-corrected chi connectivity index (χ3v) is 13.1. The van der Waals surface area contributed by atoms with Crippen LogP contribution < -0.4 is 0 Å². The molecule has 0 radical (unpaired) electrons. The second kappa shape index (κ2) is 12.3. The van der Waals surface area contributed by atoms with Crippen LogP contribution in [-0.4, -0.2) is 13.7 Å². The topological polar surface area (TPSA) is 88.7 Å². The Balaban J connectivity index is 1.25. The summed E-state index contributed by atoms with van der Waals surface area (Å²) in [4.78, 5) is 0. The predicted octanol–water partition coefficient (Wildman–Crippen LogP) is 14.5. The van der Waals surface area contributed by atoms with E-state index in [0.29, 0.717) is 28.2 Å². The van der Waals surface area contributed by atoms with Crippen molar-refractivity contribution in [1.82, 2.24) is 13.7 Å². The van der Waals surface area contributed by atoms with Crippen LogP contribution in [0.25, 0.3) is 126 Å². The fourth-order valence-electron chi connectivity index (χ4n) is 10.6. The molecule has 0 N–H and O–H groups in total. The zero-order chi connectivity index (χ0) is 41.5. The predicted molar refractivity (Wildman–Crippen MR) is 253 cm³/mol. The van der Waals surface area contributed by atoms with Crippen LogP contribution in [0.3, 0.4) is 0 Å². The summed E-state index contributed by atoms with van der Waals surface area (Å²) >= 11 is 0. The summed E-state index contributed by atoms with van der Waals surface area (Å²) in [6.45, 7) is 0. The molecule has 0 bridgehead atoms. The van der Waals surface area contributed by atoms with E-state index in [9.17, 15) is 10.5 Å². The highest BCUT2D eigenvalue weighted by atomic mass is 16.3. The highest BCUT2D eigenvalue weighted by molar-refractivity contribution is 6.26. The van der Waals surface area contributed by atoms with Gasteiger partial charge >= 0.3 is 0 Å². The van der Waals surface area contributed by atoms with Crippen LogP contribution in [0.2, 0.25) is 0 Å². The first-order valence-electron chi connectivity index (χ1n) is 20.9. The average molecular weight is 804 g/mol. The minimum atomic E-state index is 0.361. The largest absolute Gasteiger partial charge is 0.455 e. The van der Waals surface area contributed by atoms with Crippen LogP contribution in [0.5, 0.6) is 0 Å². The maximum Gasteiger partial charge on any atom is 0.145 e. The molecule has 14 aromatic rings. The van der Waals surface area contributed by atoms with Gasteiger partial charge in [0.1, 0.15) is 34.5 Å². The molecule has 7 heteroatoms. The van der Waals surface area contributed by atoms with Crippen LogP contribution in [0.4, 0.5) is 0 Å². The van der Waals surface area contributed by atoms with Gasteiger partial charge in [0.15, 0.2) is 0 Å². The Hall–Kier alpha value is -9.04. The lowest BCUT2D eigenvalue weighted by atomic mass is 10.0. The second-order valence-corrected chi connectivity index (χ2v) is 16.2. The molecule has 5 aromatic heterocycles. The number of aromatic nitrogens is 3. The molecular weight excluding hydrogens is 775 g/mol. The summed E-state index contributed by atoms with van der Waals surface area (Å²) in [6, 6.07) is 65.2. The van der Waals surface area contributed by atoms with Gasteiger partial charge < -0.3 is 22.5 Å². The van der Waals surface area contributed by atoms with E-state index in [-0.39, 0.29) is 0 Å². The quantitative estimate of drug-likeness (QED) is 0.178. The molecule has 0 saturated carbocycles. The van der Waals surface area contributed by atoms with E-state index in [4.69, 9.17) is 8.83 Å². The third kappa shape index (κ3) is 4.29. The van der Waals surface area contributed by atoms with Crippen LogP contribution >= 0.6 is 0 Å². The Morgan fingerprint density at radius 1 is 0.317 bits per heavy atom. The highest BCUT2D eigenvalue weighted by Gasteiger charge is 2.31. The minimum absolute atomic E-state index is 0.361. The number of hydrogen-bond donors (Lipinski definition) is 0. The molecule has 0 unspecified atom stereocenters. The van der Waals surface area contributed by atoms with Gasteiger partial charge in [-0.15, -0.1) is 0 Å². The molecular formula is C56H29N5O2. The van der Waals surface area contributed by atoms with Gasteiger partial charge in [-0.25, -0.2) is 0 Å². The summed E-state index contributed by atoms with van der Waals surface area (Å²) in [6.07, 6.45) is 0. The van der Waals surface area contributed by atoms with Crippen molar-refractivity contribution >= 4 is 109 Å². The number of nitrogens with zero attached hydrogens (tertiary/aromatic N) is 5. The van der Waals surface area contributed by atoms with Crippen molar-refractivity contribution in [1.29, 1.82) is 10.5 Å². The Bertz CT molecular complexity index is 4140. The highest BCUT2D eigenvalue weighted by Crippen LogP contribution is 2.48. The molecule has 0 spiro atoms. The van der Waals surface area contributed by atoms with Gasteiger partial charge in [-0.3, -0.25) is 0 Å². The molecule has 63 heavy (non-hydrogen) atoms. The van der Waals surface area contributed by atoms with Crippen molar-refractivity contribution < 1.29 is 8.83 Å². The van der Waals surface area contributed by atoms with Gasteiger partial charge in [-0.2, -0.15) is 10.5 Å². The molecule has 0 atom stereocenters. The van der Waals surface area contributed by atoms with E-state index in [1.165, 1.54) is 0 Å². The van der Waals surface area contributed by atoms with Gasteiger partial charge in [0.05, 0.1) is 72.1 Å². The van der Waals surface area contributed by atoms with Gasteiger partial charge in [-0.05, 0) is 66.7 Å². The number of para-hydroxylation sites is 6. The van der Waals surface area contributed by atoms with E-state index >= 15 is 0 Å². The van der Waals surface area contributed by atoms with Crippen LogP contribution in [0, 0.1) is 22.7 Å². The maximum absolute atomic E-state index is 11.4. The van der Waals surface area contributed by atoms with Crippen molar-refractivity contribution in [3.8, 4) is 29.2 Å².